The molecule has 0 fully saturated rings. The van der Waals surface area contributed by atoms with E-state index in [1.165, 1.54) is 30.5 Å². The van der Waals surface area contributed by atoms with Gasteiger partial charge >= 0.3 is 0 Å². The van der Waals surface area contributed by atoms with Crippen LogP contribution in [0.3, 0.4) is 0 Å². The highest BCUT2D eigenvalue weighted by Crippen LogP contribution is 2.30. The van der Waals surface area contributed by atoms with Crippen LogP contribution in [0.5, 0.6) is 11.5 Å². The van der Waals surface area contributed by atoms with Crippen LogP contribution in [-0.2, 0) is 9.59 Å². The highest BCUT2D eigenvalue weighted by Gasteiger charge is 2.27. The third-order valence-corrected chi connectivity index (χ3v) is 3.77. The van der Waals surface area contributed by atoms with Crippen molar-refractivity contribution in [3.05, 3.63) is 59.7 Å². The highest BCUT2D eigenvalue weighted by molar-refractivity contribution is 5.89. The number of nitrogens with one attached hydrogen (secondary N) is 2. The van der Waals surface area contributed by atoms with Gasteiger partial charge in [-0.25, -0.2) is 5.43 Å². The second kappa shape index (κ2) is 8.67. The lowest BCUT2D eigenvalue weighted by molar-refractivity contribution is -0.255. The number of benzene rings is 2. The van der Waals surface area contributed by atoms with Crippen molar-refractivity contribution in [2.24, 2.45) is 5.10 Å². The maximum absolute atomic E-state index is 12.1. The Kier molecular flexibility index (Phi) is 5.85. The third kappa shape index (κ3) is 4.85. The van der Waals surface area contributed by atoms with E-state index in [4.69, 9.17) is 9.47 Å². The number of aromatic carboxylic acids is 1. The molecule has 0 aliphatic carbocycles. The van der Waals surface area contributed by atoms with Gasteiger partial charge in [0.25, 0.3) is 11.8 Å². The Balaban J connectivity index is 1.43. The molecule has 9 heteroatoms. The van der Waals surface area contributed by atoms with Crippen LogP contribution in [0.15, 0.2) is 53.6 Å². The fourth-order valence-electron chi connectivity index (χ4n) is 2.35. The molecule has 1 aliphatic heterocycles. The van der Waals surface area contributed by atoms with E-state index < -0.39 is 23.9 Å². The van der Waals surface area contributed by atoms with Crippen molar-refractivity contribution in [2.75, 3.05) is 13.2 Å². The van der Waals surface area contributed by atoms with Crippen molar-refractivity contribution in [1.82, 2.24) is 10.7 Å². The largest absolute Gasteiger partial charge is 0.545 e. The van der Waals surface area contributed by atoms with Gasteiger partial charge in [-0.1, -0.05) is 36.4 Å². The van der Waals surface area contributed by atoms with Gasteiger partial charge < -0.3 is 24.7 Å². The monoisotopic (exact) mass is 382 g/mol. The molecule has 0 spiro atoms. The summed E-state index contributed by atoms with van der Waals surface area (Å²) in [5, 5.41) is 16.9. The normalized spacial score (nSPS) is 15.1. The van der Waals surface area contributed by atoms with Crippen molar-refractivity contribution in [3.8, 4) is 11.5 Å². The van der Waals surface area contributed by atoms with Crippen molar-refractivity contribution in [3.63, 3.8) is 0 Å². The third-order valence-electron chi connectivity index (χ3n) is 3.77. The topological polar surface area (TPSA) is 129 Å². The summed E-state index contributed by atoms with van der Waals surface area (Å²) >= 11 is 0. The van der Waals surface area contributed by atoms with Gasteiger partial charge in [0.2, 0.25) is 6.10 Å². The van der Waals surface area contributed by atoms with E-state index in [0.29, 0.717) is 17.1 Å². The molecular weight excluding hydrogens is 366 g/mol. The minimum Gasteiger partial charge on any atom is -0.545 e. The molecule has 9 nitrogen and oxygen atoms in total. The van der Waals surface area contributed by atoms with Crippen LogP contribution < -0.4 is 25.3 Å². The minimum atomic E-state index is -1.27. The van der Waals surface area contributed by atoms with E-state index in [9.17, 15) is 19.5 Å². The Bertz CT molecular complexity index is 910. The SMILES string of the molecule is O=C(CNC(=O)[C@H]1COc2ccccc2O1)N/N=C/c1ccc(C(=O)[O-])cc1. The molecule has 0 aromatic heterocycles. The van der Waals surface area contributed by atoms with Gasteiger partial charge in [-0.2, -0.15) is 5.10 Å². The smallest absolute Gasteiger partial charge is 0.265 e. The molecule has 0 radical (unpaired) electrons. The van der Waals surface area contributed by atoms with Crippen molar-refractivity contribution in [1.29, 1.82) is 0 Å². The minimum absolute atomic E-state index is 0.0421. The summed E-state index contributed by atoms with van der Waals surface area (Å²) in [6, 6.07) is 12.7. The summed E-state index contributed by atoms with van der Waals surface area (Å²) in [6.45, 7) is -0.244. The number of nitrogens with zero attached hydrogens (tertiary/aromatic N) is 1. The first kappa shape index (κ1) is 18.9. The molecule has 28 heavy (non-hydrogen) atoms. The summed E-state index contributed by atoms with van der Waals surface area (Å²) in [7, 11) is 0. The molecule has 144 valence electrons. The summed E-state index contributed by atoms with van der Waals surface area (Å²) in [5.41, 5.74) is 2.88. The van der Waals surface area contributed by atoms with E-state index in [-0.39, 0.29) is 18.7 Å². The zero-order valence-electron chi connectivity index (χ0n) is 14.6. The fraction of sp³-hybridized carbons (Fsp3) is 0.158. The number of hydrazone groups is 1. The van der Waals surface area contributed by atoms with Crippen LogP contribution in [0.2, 0.25) is 0 Å². The molecule has 2 N–H and O–H groups in total. The number of hydrogen-bond donors (Lipinski definition) is 2. The van der Waals surface area contributed by atoms with Crippen LogP contribution in [0.1, 0.15) is 15.9 Å². The number of carbonyl (C=O) groups excluding carboxylic acids is 3. The first-order chi connectivity index (χ1) is 13.5. The summed E-state index contributed by atoms with van der Waals surface area (Å²) in [4.78, 5) is 34.5. The molecule has 3 rings (SSSR count). The second-order valence-corrected chi connectivity index (χ2v) is 5.78. The molecule has 1 heterocycles. The number of para-hydroxylation sites is 2. The van der Waals surface area contributed by atoms with Crippen LogP contribution in [-0.4, -0.2) is 43.3 Å². The summed E-state index contributed by atoms with van der Waals surface area (Å²) in [6.07, 6.45) is 0.488. The average molecular weight is 382 g/mol. The Morgan fingerprint density at radius 1 is 1.11 bits per heavy atom. The van der Waals surface area contributed by atoms with Crippen LogP contribution in [0.4, 0.5) is 0 Å². The van der Waals surface area contributed by atoms with Crippen LogP contribution >= 0.6 is 0 Å². The number of carboxylic acid groups (broad SMARTS) is 1. The first-order valence-electron chi connectivity index (χ1n) is 8.32. The number of rotatable bonds is 6. The number of carboxylic acids is 1. The average Bonchev–Trinajstić information content (AvgIpc) is 2.72. The maximum Gasteiger partial charge on any atom is 0.265 e. The number of ether oxygens (including phenoxy) is 2. The molecule has 0 unspecified atom stereocenters. The lowest BCUT2D eigenvalue weighted by Crippen LogP contribution is -2.46. The van der Waals surface area contributed by atoms with Gasteiger partial charge in [0.05, 0.1) is 18.7 Å². The molecular formula is C19H16N3O6-. The number of fused-ring (bicyclic) bond motifs is 1. The zero-order chi connectivity index (χ0) is 19.9. The molecule has 1 aliphatic rings. The molecule has 2 aromatic carbocycles. The molecule has 0 saturated carbocycles. The van der Waals surface area contributed by atoms with Crippen molar-refractivity contribution >= 4 is 24.0 Å². The van der Waals surface area contributed by atoms with Crippen molar-refractivity contribution in [2.45, 2.75) is 6.10 Å². The Morgan fingerprint density at radius 2 is 1.82 bits per heavy atom. The fourth-order valence-corrected chi connectivity index (χ4v) is 2.35. The van der Waals surface area contributed by atoms with Gasteiger partial charge in [0, 0.05) is 0 Å². The van der Waals surface area contributed by atoms with E-state index in [2.05, 4.69) is 15.8 Å². The van der Waals surface area contributed by atoms with Gasteiger partial charge in [0.1, 0.15) is 6.61 Å². The molecule has 0 saturated heterocycles. The van der Waals surface area contributed by atoms with Gasteiger partial charge in [0.15, 0.2) is 11.5 Å². The van der Waals surface area contributed by atoms with Gasteiger partial charge in [-0.15, -0.1) is 0 Å². The van der Waals surface area contributed by atoms with Crippen molar-refractivity contribution < 1.29 is 29.0 Å². The molecule has 2 aromatic rings. The van der Waals surface area contributed by atoms with Crippen LogP contribution in [0.25, 0.3) is 0 Å². The quantitative estimate of drug-likeness (QED) is 0.510. The Labute approximate surface area is 160 Å². The molecule has 2 amide bonds. The Hall–Kier alpha value is -3.88. The molecule has 0 bridgehead atoms. The van der Waals surface area contributed by atoms with E-state index in [0.717, 1.165) is 0 Å². The number of hydrogen-bond acceptors (Lipinski definition) is 7. The van der Waals surface area contributed by atoms with Crippen LogP contribution in [0, 0.1) is 0 Å². The highest BCUT2D eigenvalue weighted by atomic mass is 16.6. The standard InChI is InChI=1S/C19H17N3O6/c23-17(22-21-9-12-5-7-13(8-6-12)19(25)26)10-20-18(24)16-11-27-14-3-1-2-4-15(14)28-16/h1-9,16H,10-11H2,(H,20,24)(H,22,23)(H,25,26)/p-1/b21-9+/t16-/m1/s1. The predicted molar refractivity (Wildman–Crippen MR) is 95.9 cm³/mol. The van der Waals surface area contributed by atoms with E-state index in [1.807, 2.05) is 0 Å². The van der Waals surface area contributed by atoms with E-state index >= 15 is 0 Å². The maximum atomic E-state index is 12.1. The predicted octanol–water partition coefficient (Wildman–Crippen LogP) is -0.544. The van der Waals surface area contributed by atoms with Gasteiger partial charge in [-0.3, -0.25) is 9.59 Å². The summed E-state index contributed by atoms with van der Waals surface area (Å²) < 4.78 is 11.0. The first-order valence-corrected chi connectivity index (χ1v) is 8.32. The van der Waals surface area contributed by atoms with E-state index in [1.54, 1.807) is 24.3 Å². The molecule has 1 atom stereocenters. The zero-order valence-corrected chi connectivity index (χ0v) is 14.6. The van der Waals surface area contributed by atoms with Gasteiger partial charge in [-0.05, 0) is 23.3 Å². The number of amides is 2. The lowest BCUT2D eigenvalue weighted by Gasteiger charge is -2.25. The Morgan fingerprint density at radius 3 is 2.54 bits per heavy atom. The second-order valence-electron chi connectivity index (χ2n) is 5.78. The lowest BCUT2D eigenvalue weighted by atomic mass is 10.1. The summed E-state index contributed by atoms with van der Waals surface area (Å²) in [5.74, 6) is -1.26. The number of carbonyl (C=O) groups is 3.